The Labute approximate surface area is 91.3 Å². The van der Waals surface area contributed by atoms with E-state index in [0.29, 0.717) is 11.3 Å². The van der Waals surface area contributed by atoms with Gasteiger partial charge in [-0.05, 0) is 25.8 Å². The van der Waals surface area contributed by atoms with E-state index in [0.717, 1.165) is 18.9 Å². The Balaban J connectivity index is 3.58. The molecule has 0 aromatic carbocycles. The van der Waals surface area contributed by atoms with E-state index in [9.17, 15) is 4.21 Å². The van der Waals surface area contributed by atoms with Crippen LogP contribution >= 0.6 is 0 Å². The Morgan fingerprint density at radius 2 is 1.86 bits per heavy atom. The maximum absolute atomic E-state index is 11.1. The summed E-state index contributed by atoms with van der Waals surface area (Å²) in [6, 6.07) is 0.567. The van der Waals surface area contributed by atoms with E-state index >= 15 is 0 Å². The highest BCUT2D eigenvalue weighted by atomic mass is 32.2. The fourth-order valence-corrected chi connectivity index (χ4v) is 1.68. The van der Waals surface area contributed by atoms with Gasteiger partial charge in [-0.15, -0.1) is 0 Å². The molecule has 14 heavy (non-hydrogen) atoms. The molecule has 4 unspecified atom stereocenters. The predicted molar refractivity (Wildman–Crippen MR) is 65.1 cm³/mol. The van der Waals surface area contributed by atoms with Gasteiger partial charge >= 0.3 is 0 Å². The molecule has 0 spiro atoms. The summed E-state index contributed by atoms with van der Waals surface area (Å²) in [5.41, 5.74) is 0. The summed E-state index contributed by atoms with van der Waals surface area (Å²) >= 11 is 0. The lowest BCUT2D eigenvalue weighted by Gasteiger charge is -2.20. The average Bonchev–Trinajstić information content (AvgIpc) is 2.15. The SMILES string of the molecule is CCC(C)C(C)NCCC(C)S(C)=O. The van der Waals surface area contributed by atoms with Gasteiger partial charge in [-0.1, -0.05) is 27.2 Å². The average molecular weight is 219 g/mol. The standard InChI is InChI=1S/C11H25NOS/c1-6-9(2)11(4)12-8-7-10(3)14(5)13/h9-12H,6-8H2,1-5H3. The normalized spacial score (nSPS) is 20.1. The van der Waals surface area contributed by atoms with E-state index in [1.165, 1.54) is 6.42 Å². The second-order valence-corrected chi connectivity index (χ2v) is 6.03. The maximum atomic E-state index is 11.1. The summed E-state index contributed by atoms with van der Waals surface area (Å²) in [5, 5.41) is 3.80. The molecule has 0 rings (SSSR count). The van der Waals surface area contributed by atoms with Gasteiger partial charge in [-0.3, -0.25) is 4.21 Å². The molecule has 0 aromatic heterocycles. The molecule has 0 aliphatic heterocycles. The van der Waals surface area contributed by atoms with Gasteiger partial charge in [0.1, 0.15) is 0 Å². The third-order valence-electron chi connectivity index (χ3n) is 3.08. The van der Waals surface area contributed by atoms with Crippen LogP contribution in [0.4, 0.5) is 0 Å². The van der Waals surface area contributed by atoms with Crippen molar-refractivity contribution in [3.8, 4) is 0 Å². The van der Waals surface area contributed by atoms with Gasteiger partial charge in [0.05, 0.1) is 0 Å². The van der Waals surface area contributed by atoms with Crippen molar-refractivity contribution in [3.63, 3.8) is 0 Å². The minimum atomic E-state index is -0.678. The second kappa shape index (κ2) is 7.41. The molecule has 0 fully saturated rings. The molecule has 1 N–H and O–H groups in total. The molecular weight excluding hydrogens is 194 g/mol. The van der Waals surface area contributed by atoms with Crippen LogP contribution in [0.5, 0.6) is 0 Å². The van der Waals surface area contributed by atoms with E-state index in [1.54, 1.807) is 6.26 Å². The largest absolute Gasteiger partial charge is 0.314 e. The van der Waals surface area contributed by atoms with Crippen molar-refractivity contribution in [3.05, 3.63) is 0 Å². The van der Waals surface area contributed by atoms with E-state index in [4.69, 9.17) is 0 Å². The fourth-order valence-electron chi connectivity index (χ4n) is 1.23. The number of hydrogen-bond donors (Lipinski definition) is 1. The molecule has 0 saturated carbocycles. The van der Waals surface area contributed by atoms with Crippen LogP contribution in [-0.2, 0) is 10.8 Å². The van der Waals surface area contributed by atoms with E-state index in [1.807, 2.05) is 6.92 Å². The first-order valence-corrected chi connectivity index (χ1v) is 7.16. The van der Waals surface area contributed by atoms with Crippen LogP contribution in [0.15, 0.2) is 0 Å². The van der Waals surface area contributed by atoms with Crippen LogP contribution in [0.1, 0.15) is 40.5 Å². The Bertz CT molecular complexity index is 173. The van der Waals surface area contributed by atoms with Gasteiger partial charge in [0.15, 0.2) is 0 Å². The molecule has 0 aromatic rings. The van der Waals surface area contributed by atoms with Crippen molar-refractivity contribution in [2.24, 2.45) is 5.92 Å². The van der Waals surface area contributed by atoms with Crippen molar-refractivity contribution in [1.29, 1.82) is 0 Å². The Kier molecular flexibility index (Phi) is 7.47. The van der Waals surface area contributed by atoms with Crippen molar-refractivity contribution in [1.82, 2.24) is 5.32 Å². The summed E-state index contributed by atoms with van der Waals surface area (Å²) in [7, 11) is -0.678. The van der Waals surface area contributed by atoms with Gasteiger partial charge < -0.3 is 5.32 Å². The molecule has 0 amide bonds. The molecule has 0 saturated heterocycles. The lowest BCUT2D eigenvalue weighted by molar-refractivity contribution is 0.389. The van der Waals surface area contributed by atoms with Gasteiger partial charge in [0.25, 0.3) is 0 Å². The summed E-state index contributed by atoms with van der Waals surface area (Å²) < 4.78 is 11.1. The second-order valence-electron chi connectivity index (χ2n) is 4.23. The Morgan fingerprint density at radius 1 is 1.29 bits per heavy atom. The van der Waals surface area contributed by atoms with Crippen LogP contribution in [0.3, 0.4) is 0 Å². The summed E-state index contributed by atoms with van der Waals surface area (Å²) in [6.45, 7) is 9.73. The molecule has 4 atom stereocenters. The summed E-state index contributed by atoms with van der Waals surface area (Å²) in [4.78, 5) is 0. The highest BCUT2D eigenvalue weighted by Crippen LogP contribution is 2.07. The van der Waals surface area contributed by atoms with Gasteiger partial charge in [-0.25, -0.2) is 0 Å². The van der Waals surface area contributed by atoms with Crippen LogP contribution in [0.2, 0.25) is 0 Å². The minimum absolute atomic E-state index is 0.312. The smallest absolute Gasteiger partial charge is 0.0329 e. The fraction of sp³-hybridized carbons (Fsp3) is 1.00. The minimum Gasteiger partial charge on any atom is -0.314 e. The molecule has 3 heteroatoms. The first-order chi connectivity index (χ1) is 6.49. The van der Waals surface area contributed by atoms with Crippen LogP contribution in [-0.4, -0.2) is 28.3 Å². The van der Waals surface area contributed by atoms with E-state index in [-0.39, 0.29) is 0 Å². The first kappa shape index (κ1) is 14.1. The first-order valence-electron chi connectivity index (χ1n) is 5.54. The Hall–Kier alpha value is 0.110. The zero-order chi connectivity index (χ0) is 11.1. The quantitative estimate of drug-likeness (QED) is 0.711. The lowest BCUT2D eigenvalue weighted by Crippen LogP contribution is -2.34. The molecule has 0 radical (unpaired) electrons. The zero-order valence-corrected chi connectivity index (χ0v) is 11.0. The van der Waals surface area contributed by atoms with Gasteiger partial charge in [0, 0.05) is 28.3 Å². The van der Waals surface area contributed by atoms with Crippen molar-refractivity contribution in [2.75, 3.05) is 12.8 Å². The third-order valence-corrected chi connectivity index (χ3v) is 4.45. The van der Waals surface area contributed by atoms with Gasteiger partial charge in [0.2, 0.25) is 0 Å². The molecule has 0 heterocycles. The van der Waals surface area contributed by atoms with Crippen LogP contribution in [0.25, 0.3) is 0 Å². The molecule has 0 bridgehead atoms. The zero-order valence-electron chi connectivity index (χ0n) is 10.2. The molecule has 86 valence electrons. The number of nitrogens with one attached hydrogen (secondary N) is 1. The maximum Gasteiger partial charge on any atom is 0.0329 e. The van der Waals surface area contributed by atoms with Gasteiger partial charge in [-0.2, -0.15) is 0 Å². The Morgan fingerprint density at radius 3 is 2.29 bits per heavy atom. The monoisotopic (exact) mass is 219 g/mol. The van der Waals surface area contributed by atoms with Crippen molar-refractivity contribution in [2.45, 2.75) is 51.8 Å². The lowest BCUT2D eigenvalue weighted by atomic mass is 10.0. The highest BCUT2D eigenvalue weighted by Gasteiger charge is 2.10. The van der Waals surface area contributed by atoms with Crippen LogP contribution in [0, 0.1) is 5.92 Å². The van der Waals surface area contributed by atoms with Crippen LogP contribution < -0.4 is 5.32 Å². The molecule has 0 aliphatic carbocycles. The third kappa shape index (κ3) is 5.76. The number of rotatable bonds is 7. The molecule has 0 aliphatic rings. The molecule has 2 nitrogen and oxygen atoms in total. The van der Waals surface area contributed by atoms with Crippen molar-refractivity contribution < 1.29 is 4.21 Å². The highest BCUT2D eigenvalue weighted by molar-refractivity contribution is 7.84. The van der Waals surface area contributed by atoms with E-state index in [2.05, 4.69) is 26.1 Å². The topological polar surface area (TPSA) is 29.1 Å². The van der Waals surface area contributed by atoms with Crippen molar-refractivity contribution >= 4 is 10.8 Å². The molecular formula is C11H25NOS. The number of hydrogen-bond acceptors (Lipinski definition) is 2. The summed E-state index contributed by atoms with van der Waals surface area (Å²) in [5.74, 6) is 0.720. The predicted octanol–water partition coefficient (Wildman–Crippen LogP) is 2.17. The summed E-state index contributed by atoms with van der Waals surface area (Å²) in [6.07, 6.45) is 4.00. The van der Waals surface area contributed by atoms with E-state index < -0.39 is 10.8 Å².